The van der Waals surface area contributed by atoms with Crippen molar-refractivity contribution in [3.8, 4) is 0 Å². The van der Waals surface area contributed by atoms with E-state index < -0.39 is 5.97 Å². The topological polar surface area (TPSA) is 49.3 Å². The molecular weight excluding hydrogens is 289 g/mol. The Labute approximate surface area is 87.4 Å². The Morgan fingerprint density at radius 2 is 2.42 bits per heavy atom. The van der Waals surface area contributed by atoms with Crippen LogP contribution in [-0.2, 0) is 4.79 Å². The van der Waals surface area contributed by atoms with Crippen molar-refractivity contribution in [2.75, 3.05) is 0 Å². The molecule has 12 heavy (non-hydrogen) atoms. The predicted molar refractivity (Wildman–Crippen MR) is 55.8 cm³/mol. The van der Waals surface area contributed by atoms with Gasteiger partial charge in [0.1, 0.15) is 5.70 Å². The zero-order valence-electron chi connectivity index (χ0n) is 5.95. The molecule has 5 heteroatoms. The maximum Gasteiger partial charge on any atom is 0.351 e. The van der Waals surface area contributed by atoms with Gasteiger partial charge < -0.3 is 10.4 Å². The zero-order chi connectivity index (χ0) is 8.72. The van der Waals surface area contributed by atoms with Crippen molar-refractivity contribution in [3.63, 3.8) is 0 Å². The van der Waals surface area contributed by atoms with Gasteiger partial charge >= 0.3 is 5.97 Å². The van der Waals surface area contributed by atoms with Gasteiger partial charge in [-0.2, -0.15) is 0 Å². The molecule has 0 spiro atoms. The minimum Gasteiger partial charge on any atom is -0.477 e. The van der Waals surface area contributed by atoms with E-state index in [-0.39, 0.29) is 11.3 Å². The fourth-order valence-corrected chi connectivity index (χ4v) is 3.48. The van der Waals surface area contributed by atoms with Crippen molar-refractivity contribution in [1.82, 2.24) is 5.32 Å². The lowest BCUT2D eigenvalue weighted by molar-refractivity contribution is -0.133. The molecular formula is C7H6INO2S. The first kappa shape index (κ1) is 8.43. The Bertz CT molecular complexity index is 300. The van der Waals surface area contributed by atoms with Crippen LogP contribution in [0.2, 0.25) is 0 Å². The predicted octanol–water partition coefficient (Wildman–Crippen LogP) is 1.52. The molecule has 64 valence electrons. The molecule has 2 atom stereocenters. The molecule has 3 nitrogen and oxygen atoms in total. The van der Waals surface area contributed by atoms with Gasteiger partial charge in [-0.25, -0.2) is 4.79 Å². The SMILES string of the molecule is O=C(O)C1=CC2C=C(I)SC2N1. The summed E-state index contributed by atoms with van der Waals surface area (Å²) in [4.78, 5) is 10.6. The first-order valence-corrected chi connectivity index (χ1v) is 5.38. The standard InChI is InChI=1S/C7H6INO2S/c8-5-2-3-1-4(7(10)11)9-6(3)12-5/h1-3,6,9H,(H,10,11). The molecule has 0 aromatic rings. The minimum atomic E-state index is -0.867. The number of carboxylic acid groups (broad SMARTS) is 1. The second-order valence-corrected chi connectivity index (χ2v) is 5.69. The number of thioether (sulfide) groups is 1. The second kappa shape index (κ2) is 2.95. The molecule has 0 saturated heterocycles. The van der Waals surface area contributed by atoms with E-state index >= 15 is 0 Å². The van der Waals surface area contributed by atoms with E-state index in [2.05, 4.69) is 34.0 Å². The van der Waals surface area contributed by atoms with Crippen molar-refractivity contribution in [3.05, 3.63) is 20.8 Å². The maximum atomic E-state index is 10.6. The summed E-state index contributed by atoms with van der Waals surface area (Å²) in [6, 6.07) is 0. The van der Waals surface area contributed by atoms with Crippen LogP contribution in [0.25, 0.3) is 0 Å². The second-order valence-electron chi connectivity index (χ2n) is 2.62. The number of fused-ring (bicyclic) bond motifs is 1. The van der Waals surface area contributed by atoms with Crippen LogP contribution in [0.3, 0.4) is 0 Å². The highest BCUT2D eigenvalue weighted by Crippen LogP contribution is 2.42. The number of rotatable bonds is 1. The highest BCUT2D eigenvalue weighted by molar-refractivity contribution is 14.1. The molecule has 2 N–H and O–H groups in total. The third-order valence-electron chi connectivity index (χ3n) is 1.80. The first-order chi connectivity index (χ1) is 5.66. The number of halogens is 1. The first-order valence-electron chi connectivity index (χ1n) is 3.42. The Kier molecular flexibility index (Phi) is 2.07. The quantitative estimate of drug-likeness (QED) is 0.720. The third-order valence-corrected chi connectivity index (χ3v) is 3.97. The molecule has 0 aliphatic carbocycles. The van der Waals surface area contributed by atoms with Gasteiger partial charge in [-0.1, -0.05) is 17.8 Å². The van der Waals surface area contributed by atoms with Crippen LogP contribution in [-0.4, -0.2) is 16.4 Å². The molecule has 0 bridgehead atoms. The number of nitrogens with one attached hydrogen (secondary N) is 1. The summed E-state index contributed by atoms with van der Waals surface area (Å²) in [6.45, 7) is 0. The molecule has 0 fully saturated rings. The molecule has 0 aromatic heterocycles. The van der Waals surface area contributed by atoms with Gasteiger partial charge in [-0.3, -0.25) is 0 Å². The van der Waals surface area contributed by atoms with Crippen molar-refractivity contribution in [1.29, 1.82) is 0 Å². The van der Waals surface area contributed by atoms with Crippen molar-refractivity contribution in [2.45, 2.75) is 5.37 Å². The summed E-state index contributed by atoms with van der Waals surface area (Å²) in [6.07, 6.45) is 3.85. The average Bonchev–Trinajstić information content (AvgIpc) is 2.42. The number of carbonyl (C=O) groups is 1. The Balaban J connectivity index is 2.19. The zero-order valence-corrected chi connectivity index (χ0v) is 8.93. The van der Waals surface area contributed by atoms with E-state index in [1.54, 1.807) is 17.8 Å². The monoisotopic (exact) mass is 295 g/mol. The lowest BCUT2D eigenvalue weighted by atomic mass is 10.1. The van der Waals surface area contributed by atoms with E-state index in [9.17, 15) is 4.79 Å². The number of hydrogen-bond acceptors (Lipinski definition) is 3. The molecule has 2 unspecified atom stereocenters. The van der Waals surface area contributed by atoms with Crippen molar-refractivity contribution < 1.29 is 9.90 Å². The minimum absolute atomic E-state index is 0.211. The average molecular weight is 295 g/mol. The molecule has 0 saturated carbocycles. The molecule has 2 heterocycles. The summed E-state index contributed by atoms with van der Waals surface area (Å²) in [5, 5.41) is 11.8. The smallest absolute Gasteiger partial charge is 0.351 e. The lowest BCUT2D eigenvalue weighted by Crippen LogP contribution is -2.24. The van der Waals surface area contributed by atoms with E-state index in [4.69, 9.17) is 5.11 Å². The largest absolute Gasteiger partial charge is 0.477 e. The van der Waals surface area contributed by atoms with Crippen LogP contribution in [0.15, 0.2) is 20.8 Å². The lowest BCUT2D eigenvalue weighted by Gasteiger charge is -2.08. The van der Waals surface area contributed by atoms with Crippen molar-refractivity contribution >= 4 is 40.3 Å². The van der Waals surface area contributed by atoms with Gasteiger partial charge in [0.25, 0.3) is 0 Å². The molecule has 0 amide bonds. The Morgan fingerprint density at radius 3 is 3.00 bits per heavy atom. The van der Waals surface area contributed by atoms with Crippen LogP contribution < -0.4 is 5.32 Å². The van der Waals surface area contributed by atoms with Crippen LogP contribution in [0.1, 0.15) is 0 Å². The Hall–Kier alpha value is -0.170. The van der Waals surface area contributed by atoms with Gasteiger partial charge in [0, 0.05) is 8.83 Å². The van der Waals surface area contributed by atoms with Crippen molar-refractivity contribution in [2.24, 2.45) is 5.92 Å². The highest BCUT2D eigenvalue weighted by Gasteiger charge is 2.33. The third kappa shape index (κ3) is 1.35. The summed E-state index contributed by atoms with van der Waals surface area (Å²) in [5.41, 5.74) is 0.331. The summed E-state index contributed by atoms with van der Waals surface area (Å²) >= 11 is 3.93. The number of hydrogen-bond donors (Lipinski definition) is 2. The van der Waals surface area contributed by atoms with Gasteiger partial charge in [0.05, 0.1) is 5.37 Å². The van der Waals surface area contributed by atoms with Crippen LogP contribution in [0.5, 0.6) is 0 Å². The number of aliphatic carboxylic acids is 1. The normalized spacial score (nSPS) is 32.1. The number of carboxylic acids is 1. The van der Waals surface area contributed by atoms with Gasteiger partial charge in [-0.15, -0.1) is 0 Å². The molecule has 0 radical (unpaired) electrons. The molecule has 0 aromatic carbocycles. The maximum absolute atomic E-state index is 10.6. The molecule has 2 aliphatic heterocycles. The van der Waals surface area contributed by atoms with E-state index in [1.807, 2.05) is 0 Å². The van der Waals surface area contributed by atoms with E-state index in [0.717, 1.165) is 0 Å². The highest BCUT2D eigenvalue weighted by atomic mass is 127. The molecule has 2 aliphatic rings. The van der Waals surface area contributed by atoms with Crippen LogP contribution in [0.4, 0.5) is 0 Å². The summed E-state index contributed by atoms with van der Waals surface area (Å²) in [5.74, 6) is -0.610. The van der Waals surface area contributed by atoms with Gasteiger partial charge in [0.15, 0.2) is 0 Å². The van der Waals surface area contributed by atoms with Gasteiger partial charge in [0.2, 0.25) is 0 Å². The fraction of sp³-hybridized carbons (Fsp3) is 0.286. The fourth-order valence-electron chi connectivity index (χ4n) is 1.27. The van der Waals surface area contributed by atoms with Gasteiger partial charge in [-0.05, 0) is 28.7 Å². The van der Waals surface area contributed by atoms with E-state index in [1.165, 1.54) is 2.91 Å². The summed E-state index contributed by atoms with van der Waals surface area (Å²) in [7, 11) is 0. The van der Waals surface area contributed by atoms with Crippen LogP contribution >= 0.6 is 34.4 Å². The Morgan fingerprint density at radius 1 is 1.67 bits per heavy atom. The van der Waals surface area contributed by atoms with E-state index in [0.29, 0.717) is 5.70 Å². The van der Waals surface area contributed by atoms with Crippen LogP contribution in [0, 0.1) is 5.92 Å². The molecule has 2 rings (SSSR count). The summed E-state index contributed by atoms with van der Waals surface area (Å²) < 4.78 is 1.23.